The molecule has 1 aromatic rings. The highest BCUT2D eigenvalue weighted by atomic mass is 16.4. The molecule has 0 aromatic heterocycles. The Morgan fingerprint density at radius 2 is 2.00 bits per heavy atom. The number of anilines is 1. The van der Waals surface area contributed by atoms with Gasteiger partial charge in [0.2, 0.25) is 5.91 Å². The van der Waals surface area contributed by atoms with Gasteiger partial charge in [-0.2, -0.15) is 0 Å². The van der Waals surface area contributed by atoms with Crippen LogP contribution in [0.5, 0.6) is 0 Å². The predicted octanol–water partition coefficient (Wildman–Crippen LogP) is 1.24. The van der Waals surface area contributed by atoms with E-state index >= 15 is 0 Å². The molecular formula is C12H16N2O3. The fraction of sp³-hybridized carbons (Fsp3) is 0.333. The lowest BCUT2D eigenvalue weighted by Gasteiger charge is -2.13. The molecule has 0 radical (unpaired) electrons. The van der Waals surface area contributed by atoms with Crippen LogP contribution < -0.4 is 10.6 Å². The van der Waals surface area contributed by atoms with Crippen LogP contribution in [0.25, 0.3) is 0 Å². The first-order chi connectivity index (χ1) is 7.95. The van der Waals surface area contributed by atoms with E-state index < -0.39 is 5.97 Å². The average Bonchev–Trinajstić information content (AvgIpc) is 2.30. The summed E-state index contributed by atoms with van der Waals surface area (Å²) in [5.41, 5.74) is 1.56. The molecule has 0 saturated carbocycles. The third kappa shape index (κ3) is 3.29. The van der Waals surface area contributed by atoms with Crippen LogP contribution in [0.1, 0.15) is 22.8 Å². The van der Waals surface area contributed by atoms with Crippen molar-refractivity contribution >= 4 is 17.6 Å². The van der Waals surface area contributed by atoms with Crippen LogP contribution in [0.3, 0.4) is 0 Å². The number of carbonyl (C=O) groups excluding carboxylic acids is 1. The molecule has 0 bridgehead atoms. The SMILES string of the molecule is CNC(C)C(=O)Nc1ccc(C(=O)O)cc1C. The van der Waals surface area contributed by atoms with Crippen LogP contribution in [0.15, 0.2) is 18.2 Å². The lowest BCUT2D eigenvalue weighted by atomic mass is 10.1. The number of nitrogens with one attached hydrogen (secondary N) is 2. The van der Waals surface area contributed by atoms with Crippen molar-refractivity contribution in [2.45, 2.75) is 19.9 Å². The number of aromatic carboxylic acids is 1. The van der Waals surface area contributed by atoms with Gasteiger partial charge in [-0.1, -0.05) is 0 Å². The molecule has 0 aliphatic rings. The average molecular weight is 236 g/mol. The van der Waals surface area contributed by atoms with E-state index in [0.29, 0.717) is 5.69 Å². The number of carboxylic acids is 1. The van der Waals surface area contributed by atoms with Crippen LogP contribution in [0.2, 0.25) is 0 Å². The minimum absolute atomic E-state index is 0.154. The highest BCUT2D eigenvalue weighted by Crippen LogP contribution is 2.16. The maximum Gasteiger partial charge on any atom is 0.335 e. The van der Waals surface area contributed by atoms with Crippen molar-refractivity contribution in [1.82, 2.24) is 5.32 Å². The summed E-state index contributed by atoms with van der Waals surface area (Å²) in [6.45, 7) is 3.50. The lowest BCUT2D eigenvalue weighted by molar-refractivity contribution is -0.117. The second kappa shape index (κ2) is 5.45. The summed E-state index contributed by atoms with van der Waals surface area (Å²) in [6, 6.07) is 4.30. The van der Waals surface area contributed by atoms with Gasteiger partial charge in [0.15, 0.2) is 0 Å². The van der Waals surface area contributed by atoms with Gasteiger partial charge in [-0.15, -0.1) is 0 Å². The normalized spacial score (nSPS) is 11.9. The van der Waals surface area contributed by atoms with E-state index in [9.17, 15) is 9.59 Å². The number of rotatable bonds is 4. The molecule has 1 amide bonds. The number of hydrogen-bond acceptors (Lipinski definition) is 3. The third-order valence-electron chi connectivity index (χ3n) is 2.56. The second-order valence-corrected chi connectivity index (χ2v) is 3.83. The number of carbonyl (C=O) groups is 2. The number of benzene rings is 1. The number of carboxylic acid groups (broad SMARTS) is 1. The summed E-state index contributed by atoms with van der Waals surface area (Å²) in [4.78, 5) is 22.4. The molecule has 1 atom stereocenters. The van der Waals surface area contributed by atoms with E-state index in [0.717, 1.165) is 5.56 Å². The molecular weight excluding hydrogens is 220 g/mol. The molecule has 0 aliphatic carbocycles. The van der Waals surface area contributed by atoms with Crippen molar-refractivity contribution in [3.63, 3.8) is 0 Å². The highest BCUT2D eigenvalue weighted by molar-refractivity contribution is 5.96. The van der Waals surface area contributed by atoms with Gasteiger partial charge < -0.3 is 15.7 Å². The molecule has 0 spiro atoms. The second-order valence-electron chi connectivity index (χ2n) is 3.83. The number of amides is 1. The zero-order valence-corrected chi connectivity index (χ0v) is 10.1. The first kappa shape index (κ1) is 13.2. The number of aryl methyl sites for hydroxylation is 1. The fourth-order valence-electron chi connectivity index (χ4n) is 1.31. The van der Waals surface area contributed by atoms with Gasteiger partial charge >= 0.3 is 5.97 Å². The smallest absolute Gasteiger partial charge is 0.335 e. The Balaban J connectivity index is 2.86. The van der Waals surface area contributed by atoms with E-state index in [1.165, 1.54) is 12.1 Å². The molecule has 0 fully saturated rings. The van der Waals surface area contributed by atoms with Gasteiger partial charge in [0, 0.05) is 5.69 Å². The van der Waals surface area contributed by atoms with Gasteiger partial charge in [0.1, 0.15) is 0 Å². The predicted molar refractivity (Wildman–Crippen MR) is 65.3 cm³/mol. The van der Waals surface area contributed by atoms with Crippen molar-refractivity contribution in [2.24, 2.45) is 0 Å². The summed E-state index contributed by atoms with van der Waals surface area (Å²) >= 11 is 0. The topological polar surface area (TPSA) is 78.4 Å². The van der Waals surface area contributed by atoms with Crippen LogP contribution in [-0.2, 0) is 4.79 Å². The van der Waals surface area contributed by atoms with Crippen molar-refractivity contribution in [2.75, 3.05) is 12.4 Å². The first-order valence-electron chi connectivity index (χ1n) is 5.27. The standard InChI is InChI=1S/C12H16N2O3/c1-7-6-9(12(16)17)4-5-10(7)14-11(15)8(2)13-3/h4-6,8,13H,1-3H3,(H,14,15)(H,16,17). The van der Waals surface area contributed by atoms with Gasteiger partial charge in [-0.3, -0.25) is 4.79 Å². The molecule has 3 N–H and O–H groups in total. The number of likely N-dealkylation sites (N-methyl/N-ethyl adjacent to an activating group) is 1. The Labute approximate surface area is 99.8 Å². The lowest BCUT2D eigenvalue weighted by Crippen LogP contribution is -2.35. The first-order valence-corrected chi connectivity index (χ1v) is 5.27. The van der Waals surface area contributed by atoms with Gasteiger partial charge in [-0.25, -0.2) is 4.79 Å². The van der Waals surface area contributed by atoms with Crippen molar-refractivity contribution < 1.29 is 14.7 Å². The Bertz CT molecular complexity index is 443. The minimum Gasteiger partial charge on any atom is -0.478 e. The summed E-state index contributed by atoms with van der Waals surface area (Å²) in [7, 11) is 1.70. The fourth-order valence-corrected chi connectivity index (χ4v) is 1.31. The molecule has 0 heterocycles. The Morgan fingerprint density at radius 1 is 1.35 bits per heavy atom. The van der Waals surface area contributed by atoms with E-state index in [1.807, 2.05) is 0 Å². The molecule has 1 unspecified atom stereocenters. The largest absolute Gasteiger partial charge is 0.478 e. The zero-order chi connectivity index (χ0) is 13.0. The number of hydrogen-bond donors (Lipinski definition) is 3. The highest BCUT2D eigenvalue weighted by Gasteiger charge is 2.12. The van der Waals surface area contributed by atoms with E-state index in [4.69, 9.17) is 5.11 Å². The van der Waals surface area contributed by atoms with Crippen molar-refractivity contribution in [3.05, 3.63) is 29.3 Å². The van der Waals surface area contributed by atoms with Crippen LogP contribution in [-0.4, -0.2) is 30.1 Å². The maximum atomic E-state index is 11.6. The monoisotopic (exact) mass is 236 g/mol. The third-order valence-corrected chi connectivity index (χ3v) is 2.56. The Morgan fingerprint density at radius 3 is 2.47 bits per heavy atom. The molecule has 1 rings (SSSR count). The quantitative estimate of drug-likeness (QED) is 0.735. The van der Waals surface area contributed by atoms with E-state index in [1.54, 1.807) is 27.0 Å². The molecule has 92 valence electrons. The molecule has 1 aromatic carbocycles. The van der Waals surface area contributed by atoms with Crippen LogP contribution in [0.4, 0.5) is 5.69 Å². The molecule has 5 heteroatoms. The zero-order valence-electron chi connectivity index (χ0n) is 10.1. The summed E-state index contributed by atoms with van der Waals surface area (Å²) in [5.74, 6) is -1.13. The van der Waals surface area contributed by atoms with E-state index in [2.05, 4.69) is 10.6 Å². The van der Waals surface area contributed by atoms with E-state index in [-0.39, 0.29) is 17.5 Å². The maximum absolute atomic E-state index is 11.6. The van der Waals surface area contributed by atoms with Gasteiger partial charge in [0.05, 0.1) is 11.6 Å². The summed E-state index contributed by atoms with van der Waals surface area (Å²) in [6.07, 6.45) is 0. The molecule has 5 nitrogen and oxygen atoms in total. The molecule has 17 heavy (non-hydrogen) atoms. The Hall–Kier alpha value is -1.88. The van der Waals surface area contributed by atoms with Gasteiger partial charge in [0.25, 0.3) is 0 Å². The van der Waals surface area contributed by atoms with Crippen LogP contribution in [0, 0.1) is 6.92 Å². The summed E-state index contributed by atoms with van der Waals surface area (Å²) < 4.78 is 0. The van der Waals surface area contributed by atoms with Gasteiger partial charge in [-0.05, 0) is 44.7 Å². The van der Waals surface area contributed by atoms with Crippen molar-refractivity contribution in [3.8, 4) is 0 Å². The van der Waals surface area contributed by atoms with Crippen LogP contribution >= 0.6 is 0 Å². The molecule has 0 aliphatic heterocycles. The molecule has 0 saturated heterocycles. The van der Waals surface area contributed by atoms with Crippen molar-refractivity contribution in [1.29, 1.82) is 0 Å². The Kier molecular flexibility index (Phi) is 4.23. The summed E-state index contributed by atoms with van der Waals surface area (Å²) in [5, 5.41) is 14.4. The minimum atomic E-state index is -0.977.